The van der Waals surface area contributed by atoms with Gasteiger partial charge in [0, 0.05) is 19.0 Å². The molecule has 0 bridgehead atoms. The van der Waals surface area contributed by atoms with Crippen molar-refractivity contribution in [2.75, 3.05) is 13.7 Å². The van der Waals surface area contributed by atoms with Crippen LogP contribution in [0.1, 0.15) is 25.0 Å². The molecule has 3 aromatic rings. The van der Waals surface area contributed by atoms with Gasteiger partial charge in [0.15, 0.2) is 6.61 Å². The number of rotatable bonds is 11. The fraction of sp³-hybridized carbons (Fsp3) is 0.286. The summed E-state index contributed by atoms with van der Waals surface area (Å²) >= 11 is 0. The highest BCUT2D eigenvalue weighted by atomic mass is 19.1. The Hall–Kier alpha value is -3.87. The topological polar surface area (TPSA) is 67.9 Å². The number of nitrogens with zero attached hydrogens (tertiary/aromatic N) is 1. The number of amides is 2. The Balaban J connectivity index is 1.91. The lowest BCUT2D eigenvalue weighted by Gasteiger charge is -2.32. The van der Waals surface area contributed by atoms with E-state index in [0.29, 0.717) is 17.9 Å². The van der Waals surface area contributed by atoms with Crippen LogP contribution in [-0.2, 0) is 22.6 Å². The van der Waals surface area contributed by atoms with Gasteiger partial charge in [-0.05, 0) is 61.4 Å². The summed E-state index contributed by atoms with van der Waals surface area (Å²) in [6.45, 7) is 3.65. The molecular weight excluding hydrogens is 447 g/mol. The van der Waals surface area contributed by atoms with Crippen molar-refractivity contribution in [3.05, 3.63) is 95.8 Å². The Labute approximate surface area is 205 Å². The van der Waals surface area contributed by atoms with Crippen molar-refractivity contribution < 1.29 is 23.5 Å². The molecule has 0 radical (unpaired) electrons. The van der Waals surface area contributed by atoms with Gasteiger partial charge < -0.3 is 19.7 Å². The van der Waals surface area contributed by atoms with Gasteiger partial charge in [-0.15, -0.1) is 0 Å². The summed E-state index contributed by atoms with van der Waals surface area (Å²) in [6.07, 6.45) is 0.339. The number of nitrogens with one attached hydrogen (secondary N) is 1. The second-order valence-electron chi connectivity index (χ2n) is 8.48. The maximum atomic E-state index is 13.5. The molecule has 0 aliphatic heterocycles. The molecule has 0 unspecified atom stereocenters. The molecule has 2 amide bonds. The SMILES string of the molecule is COc1cccc(CN(C(=O)COc2ccc(F)cc2)[C@H](Cc2ccccc2)C(=O)NC(C)C)c1. The minimum atomic E-state index is -0.768. The molecule has 1 N–H and O–H groups in total. The van der Waals surface area contributed by atoms with E-state index in [4.69, 9.17) is 9.47 Å². The molecule has 184 valence electrons. The van der Waals surface area contributed by atoms with Gasteiger partial charge in [0.2, 0.25) is 5.91 Å². The van der Waals surface area contributed by atoms with Crippen molar-refractivity contribution in [2.45, 2.75) is 38.9 Å². The average molecular weight is 479 g/mol. The summed E-state index contributed by atoms with van der Waals surface area (Å²) in [4.78, 5) is 28.3. The molecule has 6 nitrogen and oxygen atoms in total. The highest BCUT2D eigenvalue weighted by molar-refractivity contribution is 5.88. The Morgan fingerprint density at radius 2 is 1.60 bits per heavy atom. The monoisotopic (exact) mass is 478 g/mol. The summed E-state index contributed by atoms with van der Waals surface area (Å²) in [5.41, 5.74) is 1.74. The van der Waals surface area contributed by atoms with Crippen LogP contribution in [0.15, 0.2) is 78.9 Å². The fourth-order valence-corrected chi connectivity index (χ4v) is 3.66. The van der Waals surface area contributed by atoms with Crippen LogP contribution in [0.5, 0.6) is 11.5 Å². The largest absolute Gasteiger partial charge is 0.497 e. The number of benzene rings is 3. The molecule has 0 heterocycles. The van der Waals surface area contributed by atoms with Crippen LogP contribution in [0.3, 0.4) is 0 Å². The van der Waals surface area contributed by atoms with Gasteiger partial charge in [-0.3, -0.25) is 9.59 Å². The highest BCUT2D eigenvalue weighted by Gasteiger charge is 2.31. The van der Waals surface area contributed by atoms with E-state index >= 15 is 0 Å². The molecule has 1 atom stereocenters. The Morgan fingerprint density at radius 1 is 0.914 bits per heavy atom. The average Bonchev–Trinajstić information content (AvgIpc) is 2.86. The van der Waals surface area contributed by atoms with E-state index < -0.39 is 11.9 Å². The number of halogens is 1. The van der Waals surface area contributed by atoms with Gasteiger partial charge in [-0.25, -0.2) is 4.39 Å². The lowest BCUT2D eigenvalue weighted by atomic mass is 10.0. The predicted molar refractivity (Wildman–Crippen MR) is 133 cm³/mol. The van der Waals surface area contributed by atoms with Crippen molar-refractivity contribution in [3.63, 3.8) is 0 Å². The van der Waals surface area contributed by atoms with Crippen molar-refractivity contribution >= 4 is 11.8 Å². The van der Waals surface area contributed by atoms with Crippen molar-refractivity contribution in [3.8, 4) is 11.5 Å². The minimum Gasteiger partial charge on any atom is -0.497 e. The third kappa shape index (κ3) is 7.84. The minimum absolute atomic E-state index is 0.0926. The zero-order valence-corrected chi connectivity index (χ0v) is 20.2. The molecule has 35 heavy (non-hydrogen) atoms. The number of carbonyl (C=O) groups is 2. The number of hydrogen-bond acceptors (Lipinski definition) is 4. The van der Waals surface area contributed by atoms with Crippen molar-refractivity contribution in [1.82, 2.24) is 10.2 Å². The van der Waals surface area contributed by atoms with E-state index in [1.165, 1.54) is 29.2 Å². The molecule has 0 saturated heterocycles. The number of methoxy groups -OCH3 is 1. The lowest BCUT2D eigenvalue weighted by Crippen LogP contribution is -2.52. The van der Waals surface area contributed by atoms with Gasteiger partial charge >= 0.3 is 0 Å². The molecule has 0 saturated carbocycles. The molecule has 0 spiro atoms. The Bertz CT molecular complexity index is 1100. The first kappa shape index (κ1) is 25.7. The predicted octanol–water partition coefficient (Wildman–Crippen LogP) is 4.38. The number of ether oxygens (including phenoxy) is 2. The highest BCUT2D eigenvalue weighted by Crippen LogP contribution is 2.19. The van der Waals surface area contributed by atoms with E-state index in [2.05, 4.69) is 5.32 Å². The van der Waals surface area contributed by atoms with Gasteiger partial charge in [-0.1, -0.05) is 42.5 Å². The summed E-state index contributed by atoms with van der Waals surface area (Å²) in [5.74, 6) is 0.0199. The van der Waals surface area contributed by atoms with Crippen LogP contribution < -0.4 is 14.8 Å². The smallest absolute Gasteiger partial charge is 0.261 e. The van der Waals surface area contributed by atoms with Crippen LogP contribution >= 0.6 is 0 Å². The third-order valence-electron chi connectivity index (χ3n) is 5.37. The Morgan fingerprint density at radius 3 is 2.26 bits per heavy atom. The van der Waals surface area contributed by atoms with Gasteiger partial charge in [0.25, 0.3) is 5.91 Å². The normalized spacial score (nSPS) is 11.6. The zero-order chi connectivity index (χ0) is 25.2. The number of carbonyl (C=O) groups excluding carboxylic acids is 2. The third-order valence-corrected chi connectivity index (χ3v) is 5.37. The molecule has 0 aliphatic carbocycles. The maximum Gasteiger partial charge on any atom is 0.261 e. The molecule has 0 fully saturated rings. The standard InChI is InChI=1S/C28H31FN2O4/c1-20(2)30-28(33)26(17-21-8-5-4-6-9-21)31(18-22-10-7-11-25(16-22)34-3)27(32)19-35-24-14-12-23(29)13-15-24/h4-16,20,26H,17-19H2,1-3H3,(H,30,33)/t26-/m1/s1. The van der Waals surface area contributed by atoms with E-state index in [-0.39, 0.29) is 31.0 Å². The molecule has 0 aliphatic rings. The molecular formula is C28H31FN2O4. The van der Waals surface area contributed by atoms with Crippen molar-refractivity contribution in [1.29, 1.82) is 0 Å². The van der Waals surface area contributed by atoms with Crippen LogP contribution in [0.25, 0.3) is 0 Å². The first-order valence-corrected chi connectivity index (χ1v) is 11.5. The fourth-order valence-electron chi connectivity index (χ4n) is 3.66. The lowest BCUT2D eigenvalue weighted by molar-refractivity contribution is -0.143. The molecule has 3 rings (SSSR count). The summed E-state index contributed by atoms with van der Waals surface area (Å²) in [6, 6.07) is 21.5. The first-order chi connectivity index (χ1) is 16.9. The molecule has 3 aromatic carbocycles. The second kappa shape index (κ2) is 12.6. The zero-order valence-electron chi connectivity index (χ0n) is 20.2. The molecule has 7 heteroatoms. The van der Waals surface area contributed by atoms with E-state index in [1.54, 1.807) is 7.11 Å². The Kier molecular flexibility index (Phi) is 9.23. The van der Waals surface area contributed by atoms with Gasteiger partial charge in [-0.2, -0.15) is 0 Å². The van der Waals surface area contributed by atoms with Crippen LogP contribution in [0.4, 0.5) is 4.39 Å². The van der Waals surface area contributed by atoms with Crippen LogP contribution in [0, 0.1) is 5.82 Å². The van der Waals surface area contributed by atoms with E-state index in [1.807, 2.05) is 68.4 Å². The van der Waals surface area contributed by atoms with E-state index in [9.17, 15) is 14.0 Å². The quantitative estimate of drug-likeness (QED) is 0.444. The second-order valence-corrected chi connectivity index (χ2v) is 8.48. The maximum absolute atomic E-state index is 13.5. The van der Waals surface area contributed by atoms with E-state index in [0.717, 1.165) is 11.1 Å². The van der Waals surface area contributed by atoms with Crippen LogP contribution in [0.2, 0.25) is 0 Å². The number of hydrogen-bond donors (Lipinski definition) is 1. The van der Waals surface area contributed by atoms with Crippen LogP contribution in [-0.4, -0.2) is 42.5 Å². The summed E-state index contributed by atoms with van der Waals surface area (Å²) in [7, 11) is 1.58. The summed E-state index contributed by atoms with van der Waals surface area (Å²) in [5, 5.41) is 2.95. The first-order valence-electron chi connectivity index (χ1n) is 11.5. The van der Waals surface area contributed by atoms with Gasteiger partial charge in [0.1, 0.15) is 23.4 Å². The molecule has 0 aromatic heterocycles. The van der Waals surface area contributed by atoms with Crippen molar-refractivity contribution in [2.24, 2.45) is 0 Å². The summed E-state index contributed by atoms with van der Waals surface area (Å²) < 4.78 is 24.2. The van der Waals surface area contributed by atoms with Gasteiger partial charge in [0.05, 0.1) is 7.11 Å².